The molecule has 0 unspecified atom stereocenters. The Morgan fingerprint density at radius 3 is 2.47 bits per heavy atom. The summed E-state index contributed by atoms with van der Waals surface area (Å²) in [7, 11) is 0. The van der Waals surface area contributed by atoms with Crippen LogP contribution in [0.4, 0.5) is 17.6 Å². The third-order valence-electron chi connectivity index (χ3n) is 2.60. The van der Waals surface area contributed by atoms with Crippen LogP contribution in [0.2, 0.25) is 0 Å². The van der Waals surface area contributed by atoms with Crippen LogP contribution in [0.15, 0.2) is 18.2 Å². The lowest BCUT2D eigenvalue weighted by molar-refractivity contribution is -0.138. The summed E-state index contributed by atoms with van der Waals surface area (Å²) in [6, 6.07) is 2.02. The summed E-state index contributed by atoms with van der Waals surface area (Å²) in [4.78, 5) is 0. The number of hydrogen-bond donors (Lipinski definition) is 1. The second kappa shape index (κ2) is 5.49. The molecule has 0 aromatic heterocycles. The van der Waals surface area contributed by atoms with Gasteiger partial charge in [0.1, 0.15) is 5.82 Å². The molecule has 1 aromatic carbocycles. The van der Waals surface area contributed by atoms with Gasteiger partial charge in [-0.05, 0) is 18.6 Å². The van der Waals surface area contributed by atoms with Crippen LogP contribution in [0.25, 0.3) is 0 Å². The van der Waals surface area contributed by atoms with Gasteiger partial charge in [-0.3, -0.25) is 0 Å². The lowest BCUT2D eigenvalue weighted by Gasteiger charge is -2.18. The smallest absolute Gasteiger partial charge is 0.324 e. The van der Waals surface area contributed by atoms with Crippen LogP contribution in [-0.4, -0.2) is 0 Å². The fourth-order valence-electron chi connectivity index (χ4n) is 1.73. The van der Waals surface area contributed by atoms with E-state index in [2.05, 4.69) is 0 Å². The summed E-state index contributed by atoms with van der Waals surface area (Å²) >= 11 is 0. The zero-order chi connectivity index (χ0) is 13.1. The fourth-order valence-corrected chi connectivity index (χ4v) is 1.73. The molecule has 0 aliphatic carbocycles. The predicted molar refractivity (Wildman–Crippen MR) is 57.9 cm³/mol. The maximum absolute atomic E-state index is 13.5. The minimum absolute atomic E-state index is 0.348. The van der Waals surface area contributed by atoms with Crippen molar-refractivity contribution < 1.29 is 17.6 Å². The standard InChI is InChI=1S/C12H15F4N/c1-2-3-7-10(17)11-8(12(14,15)16)5-4-6-9(11)13/h4-6,10H,2-3,7,17H2,1H3/t10-/m0/s1. The Labute approximate surface area is 97.6 Å². The number of unbranched alkanes of at least 4 members (excludes halogenated alkanes) is 1. The topological polar surface area (TPSA) is 26.0 Å². The number of alkyl halides is 3. The van der Waals surface area contributed by atoms with Crippen molar-refractivity contribution in [3.63, 3.8) is 0 Å². The molecule has 1 rings (SSSR count). The minimum atomic E-state index is -4.57. The van der Waals surface area contributed by atoms with E-state index < -0.39 is 29.2 Å². The van der Waals surface area contributed by atoms with E-state index in [0.29, 0.717) is 12.8 Å². The summed E-state index contributed by atoms with van der Waals surface area (Å²) in [6.07, 6.45) is -2.74. The average molecular weight is 249 g/mol. The Morgan fingerprint density at radius 2 is 1.94 bits per heavy atom. The molecule has 0 heterocycles. The van der Waals surface area contributed by atoms with Crippen LogP contribution in [0, 0.1) is 5.82 Å². The summed E-state index contributed by atoms with van der Waals surface area (Å²) in [5.74, 6) is -0.886. The number of hydrogen-bond acceptors (Lipinski definition) is 1. The molecule has 0 radical (unpaired) electrons. The minimum Gasteiger partial charge on any atom is -0.324 e. The van der Waals surface area contributed by atoms with Gasteiger partial charge in [-0.15, -0.1) is 0 Å². The van der Waals surface area contributed by atoms with Crippen LogP contribution in [-0.2, 0) is 6.18 Å². The van der Waals surface area contributed by atoms with Crippen LogP contribution in [0.5, 0.6) is 0 Å². The fraction of sp³-hybridized carbons (Fsp3) is 0.500. The third kappa shape index (κ3) is 3.43. The van der Waals surface area contributed by atoms with Gasteiger partial charge in [0.05, 0.1) is 5.56 Å². The Morgan fingerprint density at radius 1 is 1.29 bits per heavy atom. The summed E-state index contributed by atoms with van der Waals surface area (Å²) < 4.78 is 51.5. The van der Waals surface area contributed by atoms with E-state index in [1.165, 1.54) is 0 Å². The monoisotopic (exact) mass is 249 g/mol. The first-order valence-electron chi connectivity index (χ1n) is 5.49. The highest BCUT2D eigenvalue weighted by atomic mass is 19.4. The predicted octanol–water partition coefficient (Wildman–Crippen LogP) is 4.03. The third-order valence-corrected chi connectivity index (χ3v) is 2.60. The van der Waals surface area contributed by atoms with Crippen LogP contribution in [0.1, 0.15) is 43.4 Å². The number of nitrogens with two attached hydrogens (primary N) is 1. The van der Waals surface area contributed by atoms with Gasteiger partial charge in [-0.1, -0.05) is 25.8 Å². The molecule has 0 spiro atoms. The van der Waals surface area contributed by atoms with Gasteiger partial charge in [0, 0.05) is 11.6 Å². The van der Waals surface area contributed by atoms with Crippen molar-refractivity contribution in [3.8, 4) is 0 Å². The summed E-state index contributed by atoms with van der Waals surface area (Å²) in [6.45, 7) is 1.90. The van der Waals surface area contributed by atoms with Gasteiger partial charge in [-0.2, -0.15) is 13.2 Å². The van der Waals surface area contributed by atoms with Gasteiger partial charge in [0.15, 0.2) is 0 Å². The highest BCUT2D eigenvalue weighted by Gasteiger charge is 2.35. The van der Waals surface area contributed by atoms with Gasteiger partial charge in [-0.25, -0.2) is 4.39 Å². The van der Waals surface area contributed by atoms with Crippen molar-refractivity contribution in [1.82, 2.24) is 0 Å². The summed E-state index contributed by atoms with van der Waals surface area (Å²) in [5, 5.41) is 0. The molecule has 1 nitrogen and oxygen atoms in total. The Kier molecular flexibility index (Phi) is 4.51. The second-order valence-electron chi connectivity index (χ2n) is 3.95. The average Bonchev–Trinajstić information content (AvgIpc) is 2.24. The van der Waals surface area contributed by atoms with Gasteiger partial charge in [0.25, 0.3) is 0 Å². The lowest BCUT2D eigenvalue weighted by Crippen LogP contribution is -2.19. The van der Waals surface area contributed by atoms with Crippen molar-refractivity contribution in [3.05, 3.63) is 35.1 Å². The van der Waals surface area contributed by atoms with E-state index in [0.717, 1.165) is 24.6 Å². The molecule has 0 aliphatic heterocycles. The van der Waals surface area contributed by atoms with E-state index in [9.17, 15) is 17.6 Å². The molecule has 0 fully saturated rings. The maximum Gasteiger partial charge on any atom is 0.416 e. The molecule has 5 heteroatoms. The van der Waals surface area contributed by atoms with Crippen molar-refractivity contribution >= 4 is 0 Å². The number of benzene rings is 1. The van der Waals surface area contributed by atoms with Gasteiger partial charge < -0.3 is 5.73 Å². The zero-order valence-corrected chi connectivity index (χ0v) is 9.52. The molecule has 1 aromatic rings. The van der Waals surface area contributed by atoms with E-state index in [1.807, 2.05) is 6.92 Å². The molecule has 1 atom stereocenters. The molecule has 0 saturated heterocycles. The molecule has 96 valence electrons. The van der Waals surface area contributed by atoms with Crippen molar-refractivity contribution in [1.29, 1.82) is 0 Å². The van der Waals surface area contributed by atoms with Gasteiger partial charge in [0.2, 0.25) is 0 Å². The zero-order valence-electron chi connectivity index (χ0n) is 9.52. The van der Waals surface area contributed by atoms with Crippen molar-refractivity contribution in [2.24, 2.45) is 5.73 Å². The lowest BCUT2D eigenvalue weighted by atomic mass is 9.96. The molecule has 0 amide bonds. The van der Waals surface area contributed by atoms with E-state index >= 15 is 0 Å². The normalized spacial score (nSPS) is 13.8. The molecule has 17 heavy (non-hydrogen) atoms. The van der Waals surface area contributed by atoms with E-state index in [-0.39, 0.29) is 0 Å². The molecule has 0 bridgehead atoms. The van der Waals surface area contributed by atoms with Crippen molar-refractivity contribution in [2.45, 2.75) is 38.4 Å². The summed E-state index contributed by atoms with van der Waals surface area (Å²) in [5.41, 5.74) is 4.25. The quantitative estimate of drug-likeness (QED) is 0.801. The highest BCUT2D eigenvalue weighted by Crippen LogP contribution is 2.36. The molecular weight excluding hydrogens is 234 g/mol. The Balaban J connectivity index is 3.12. The maximum atomic E-state index is 13.5. The van der Waals surface area contributed by atoms with Gasteiger partial charge >= 0.3 is 6.18 Å². The molecule has 0 aliphatic rings. The highest BCUT2D eigenvalue weighted by molar-refractivity contribution is 5.33. The number of halogens is 4. The first-order valence-corrected chi connectivity index (χ1v) is 5.49. The largest absolute Gasteiger partial charge is 0.416 e. The number of rotatable bonds is 4. The van der Waals surface area contributed by atoms with E-state index in [4.69, 9.17) is 5.73 Å². The first-order chi connectivity index (χ1) is 7.88. The van der Waals surface area contributed by atoms with Crippen LogP contribution >= 0.6 is 0 Å². The molecule has 0 saturated carbocycles. The Hall–Kier alpha value is -1.10. The molecular formula is C12H15F4N. The Bertz CT molecular complexity index is 373. The van der Waals surface area contributed by atoms with Crippen LogP contribution in [0.3, 0.4) is 0 Å². The molecule has 2 N–H and O–H groups in total. The van der Waals surface area contributed by atoms with Crippen molar-refractivity contribution in [2.75, 3.05) is 0 Å². The first kappa shape index (κ1) is 14.0. The van der Waals surface area contributed by atoms with E-state index in [1.54, 1.807) is 0 Å². The van der Waals surface area contributed by atoms with Crippen LogP contribution < -0.4 is 5.73 Å². The SMILES string of the molecule is CCCC[C@H](N)c1c(F)cccc1C(F)(F)F. The second-order valence-corrected chi connectivity index (χ2v) is 3.95.